The molecule has 61 heavy (non-hydrogen) atoms. The van der Waals surface area contributed by atoms with Crippen molar-refractivity contribution in [3.63, 3.8) is 0 Å². The molecule has 9 aromatic rings. The number of hydrogen-bond donors (Lipinski definition) is 0. The molecule has 5 aromatic carbocycles. The van der Waals surface area contributed by atoms with Crippen molar-refractivity contribution in [3.8, 4) is 39.8 Å². The molecule has 298 valence electrons. The molecule has 0 spiro atoms. The van der Waals surface area contributed by atoms with E-state index in [1.165, 1.54) is 44.3 Å². The van der Waals surface area contributed by atoms with Crippen LogP contribution in [-0.4, -0.2) is 15.0 Å². The maximum atomic E-state index is 16.7. The van der Waals surface area contributed by atoms with Gasteiger partial charge >= 0.3 is 20.1 Å². The van der Waals surface area contributed by atoms with Gasteiger partial charge in [0.1, 0.15) is 11.4 Å². The summed E-state index contributed by atoms with van der Waals surface area (Å²) < 4.78 is 96.7. The summed E-state index contributed by atoms with van der Waals surface area (Å²) in [5, 5.41) is 10.5. The number of nitrogens with zero attached hydrogens (tertiary/aromatic N) is 4. The first-order chi connectivity index (χ1) is 32.4. The molecular formula is C54H40FIrN4O. The molecule has 0 radical (unpaired) electrons. The fourth-order valence-corrected chi connectivity index (χ4v) is 7.11. The molecule has 0 saturated heterocycles. The zero-order valence-corrected chi connectivity index (χ0v) is 35.4. The first-order valence-electron chi connectivity index (χ1n) is 23.3. The minimum Gasteiger partial charge on any atom is -0.501 e. The molecule has 0 amide bonds. The Labute approximate surface area is 380 Å². The Morgan fingerprint density at radius 1 is 0.705 bits per heavy atom. The first-order valence-corrected chi connectivity index (χ1v) is 19.3. The summed E-state index contributed by atoms with van der Waals surface area (Å²) in [6, 6.07) is 42.8. The molecule has 4 aromatic heterocycles. The van der Waals surface area contributed by atoms with Gasteiger partial charge in [-0.3, -0.25) is 0 Å². The molecule has 0 aliphatic heterocycles. The normalized spacial score (nSPS) is 14.0. The standard InChI is InChI=1S/C54H40FN4O.Ir/c1-54(2,47-35-59-51(30-48(47)55)46-15-9-14-45-44-23-20-40(32-56)29-52(44)60-53(45)46)31-41-27-38(18-16-36-21-24-49(57-33-36)42-10-5-3-6-11-42)26-39(28-41)19-17-37-22-25-50(58-34-37)43-12-7-4-8-13-43;/h3-10,12,14,20-30,33-35H,16-19,31H2,1-2H3;/q-3;+3/i18D2,19D2,20D,29D,31D2;. The number of nitriles is 1. The Balaban J connectivity index is 0.00000642. The number of benzene rings is 5. The average Bonchev–Trinajstić information content (AvgIpc) is 3.71. The molecule has 0 unspecified atom stereocenters. The summed E-state index contributed by atoms with van der Waals surface area (Å²) in [5.74, 6) is -0.804. The van der Waals surface area contributed by atoms with Crippen LogP contribution in [0.4, 0.5) is 4.39 Å². The smallest absolute Gasteiger partial charge is 0.501 e. The van der Waals surface area contributed by atoms with Crippen molar-refractivity contribution in [2.75, 3.05) is 0 Å². The molecule has 0 N–H and O–H groups in total. The van der Waals surface area contributed by atoms with Gasteiger partial charge in [-0.05, 0) is 100 Å². The summed E-state index contributed by atoms with van der Waals surface area (Å²) in [6.45, 7) is 3.04. The molecule has 0 aliphatic carbocycles. The van der Waals surface area contributed by atoms with E-state index in [1.54, 1.807) is 60.9 Å². The van der Waals surface area contributed by atoms with E-state index in [9.17, 15) is 13.5 Å². The van der Waals surface area contributed by atoms with Crippen molar-refractivity contribution in [1.29, 1.82) is 5.26 Å². The van der Waals surface area contributed by atoms with E-state index in [0.717, 1.165) is 17.2 Å². The van der Waals surface area contributed by atoms with Crippen molar-refractivity contribution in [3.05, 3.63) is 209 Å². The van der Waals surface area contributed by atoms with Crippen LogP contribution in [0.25, 0.3) is 55.7 Å². The largest absolute Gasteiger partial charge is 3.00 e. The van der Waals surface area contributed by atoms with E-state index in [1.807, 2.05) is 42.5 Å². The number of halogens is 1. The minimum atomic E-state index is -2.46. The number of pyridine rings is 3. The van der Waals surface area contributed by atoms with Gasteiger partial charge in [0.15, 0.2) is 0 Å². The second-order valence-electron chi connectivity index (χ2n) is 14.8. The topological polar surface area (TPSA) is 75.6 Å². The average molecular weight is 980 g/mol. The molecule has 0 atom stereocenters. The Hall–Kier alpha value is -6.58. The second kappa shape index (κ2) is 18.0. The number of aryl methyl sites for hydroxylation is 4. The van der Waals surface area contributed by atoms with E-state index in [4.69, 9.17) is 7.16 Å². The maximum absolute atomic E-state index is 16.7. The second-order valence-corrected chi connectivity index (χ2v) is 14.8. The number of fused-ring (bicyclic) bond motifs is 3. The first kappa shape index (κ1) is 32.2. The van der Waals surface area contributed by atoms with Gasteiger partial charge < -0.3 is 19.4 Å². The van der Waals surface area contributed by atoms with E-state index in [2.05, 4.69) is 33.2 Å². The zero-order chi connectivity index (χ0) is 48.2. The van der Waals surface area contributed by atoms with Crippen LogP contribution in [0.3, 0.4) is 0 Å². The molecule has 0 aliphatic rings. The number of furan rings is 1. The van der Waals surface area contributed by atoms with Gasteiger partial charge in [0, 0.05) is 37.8 Å². The fraction of sp³-hybridized carbons (Fsp3) is 0.148. The van der Waals surface area contributed by atoms with Crippen LogP contribution in [0.1, 0.15) is 63.8 Å². The van der Waals surface area contributed by atoms with E-state index >= 15 is 4.39 Å². The van der Waals surface area contributed by atoms with Crippen LogP contribution < -0.4 is 0 Å². The van der Waals surface area contributed by atoms with Crippen molar-refractivity contribution in [1.82, 2.24) is 15.0 Å². The predicted octanol–water partition coefficient (Wildman–Crippen LogP) is 12.3. The molecular weight excluding hydrogens is 932 g/mol. The summed E-state index contributed by atoms with van der Waals surface area (Å²) in [6.07, 6.45) is -2.69. The molecule has 4 heterocycles. The van der Waals surface area contributed by atoms with Crippen LogP contribution in [0.2, 0.25) is 0 Å². The third-order valence-electron chi connectivity index (χ3n) is 10.2. The van der Waals surface area contributed by atoms with Crippen LogP contribution in [0.15, 0.2) is 150 Å². The maximum Gasteiger partial charge on any atom is 3.00 e. The molecule has 0 fully saturated rings. The van der Waals surface area contributed by atoms with Crippen molar-refractivity contribution in [2.45, 2.75) is 51.2 Å². The van der Waals surface area contributed by atoms with Gasteiger partial charge in [-0.2, -0.15) is 5.26 Å². The van der Waals surface area contributed by atoms with Crippen LogP contribution in [0, 0.1) is 35.3 Å². The Morgan fingerprint density at radius 2 is 1.33 bits per heavy atom. The van der Waals surface area contributed by atoms with Crippen LogP contribution in [0.5, 0.6) is 0 Å². The Morgan fingerprint density at radius 3 is 1.89 bits per heavy atom. The predicted molar refractivity (Wildman–Crippen MR) is 235 cm³/mol. The van der Waals surface area contributed by atoms with E-state index < -0.39 is 30.4 Å². The third kappa shape index (κ3) is 9.12. The summed E-state index contributed by atoms with van der Waals surface area (Å²) in [5.41, 5.74) is 2.72. The molecule has 5 nitrogen and oxygen atoms in total. The fourth-order valence-electron chi connectivity index (χ4n) is 7.11. The Bertz CT molecular complexity index is 3280. The van der Waals surface area contributed by atoms with Crippen LogP contribution >= 0.6 is 0 Å². The zero-order valence-electron chi connectivity index (χ0n) is 41.0. The van der Waals surface area contributed by atoms with Gasteiger partial charge in [0.05, 0.1) is 20.0 Å². The number of rotatable bonds is 12. The van der Waals surface area contributed by atoms with E-state index in [-0.39, 0.29) is 95.3 Å². The number of hydrogen-bond acceptors (Lipinski definition) is 5. The van der Waals surface area contributed by atoms with Crippen LogP contribution in [-0.2, 0) is 57.5 Å². The molecule has 9 rings (SSSR count). The monoisotopic (exact) mass is 980 g/mol. The van der Waals surface area contributed by atoms with Gasteiger partial charge in [-0.1, -0.05) is 73.3 Å². The van der Waals surface area contributed by atoms with Gasteiger partial charge in [0.2, 0.25) is 0 Å². The van der Waals surface area contributed by atoms with Gasteiger partial charge in [-0.15, -0.1) is 90.0 Å². The van der Waals surface area contributed by atoms with E-state index in [0.29, 0.717) is 33.3 Å². The molecule has 0 saturated carbocycles. The quantitative estimate of drug-likeness (QED) is 0.114. The van der Waals surface area contributed by atoms with Crippen molar-refractivity contribution < 1.29 is 39.9 Å². The number of aromatic nitrogens is 3. The van der Waals surface area contributed by atoms with Gasteiger partial charge in [-0.25, -0.2) is 4.39 Å². The molecule has 7 heteroatoms. The third-order valence-corrected chi connectivity index (χ3v) is 10.2. The minimum absolute atomic E-state index is 0. The van der Waals surface area contributed by atoms with Crippen molar-refractivity contribution >= 4 is 21.9 Å². The van der Waals surface area contributed by atoms with Crippen molar-refractivity contribution in [2.24, 2.45) is 0 Å². The molecule has 0 bridgehead atoms. The summed E-state index contributed by atoms with van der Waals surface area (Å²) in [4.78, 5) is 13.7. The summed E-state index contributed by atoms with van der Waals surface area (Å²) in [7, 11) is 0. The Kier molecular flexibility index (Phi) is 9.48. The van der Waals surface area contributed by atoms with Gasteiger partial charge in [0.25, 0.3) is 0 Å². The summed E-state index contributed by atoms with van der Waals surface area (Å²) >= 11 is 0. The SMILES string of the molecule is [2H]c1cc2c(oc3c(-c4cc(F)c(C(C)(C)C([2H])([2H])c5cc(C([2H])([2H])Cc6ccc(-c7[c-]cccc7)nc6)cc(C([2H])([2H])Cc6ccc(-c7[c-]cccc7)nc6)c5)cn4)[c-]ccc32)c([2H])c1C#N.[Ir+3].